The number of Topliss-reactive ketones (excluding diaryl/α,β-unsaturated/α-hetero) is 1. The first-order chi connectivity index (χ1) is 15.9. The van der Waals surface area contributed by atoms with E-state index in [9.17, 15) is 19.5 Å². The molecule has 0 unspecified atom stereocenters. The van der Waals surface area contributed by atoms with E-state index in [0.717, 1.165) is 18.1 Å². The molecule has 33 heavy (non-hydrogen) atoms. The van der Waals surface area contributed by atoms with Gasteiger partial charge in [-0.25, -0.2) is 4.79 Å². The minimum absolute atomic E-state index is 0.0420. The van der Waals surface area contributed by atoms with E-state index in [-0.39, 0.29) is 30.4 Å². The first-order valence-corrected chi connectivity index (χ1v) is 10.6. The van der Waals surface area contributed by atoms with Gasteiger partial charge in [-0.05, 0) is 29.3 Å². The number of aromatic nitrogens is 1. The molecule has 4 atom stereocenters. The zero-order valence-electron chi connectivity index (χ0n) is 17.9. The Bertz CT molecular complexity index is 1080. The Morgan fingerprint density at radius 1 is 1.27 bits per heavy atom. The summed E-state index contributed by atoms with van der Waals surface area (Å²) in [6.45, 7) is 2.19. The van der Waals surface area contributed by atoms with Gasteiger partial charge in [0.1, 0.15) is 18.3 Å². The average molecular weight is 456 g/mol. The number of aliphatic hydroxyl groups is 1. The number of rotatable bonds is 7. The minimum Gasteiger partial charge on any atom is -0.475 e. The zero-order valence-corrected chi connectivity index (χ0v) is 17.9. The van der Waals surface area contributed by atoms with Crippen molar-refractivity contribution in [2.75, 3.05) is 6.61 Å². The highest BCUT2D eigenvalue weighted by Gasteiger charge is 2.63. The van der Waals surface area contributed by atoms with Crippen LogP contribution in [0, 0.1) is 5.92 Å². The Labute approximate surface area is 189 Å². The van der Waals surface area contributed by atoms with Gasteiger partial charge in [0.15, 0.2) is 17.1 Å². The first-order valence-electron chi connectivity index (χ1n) is 10.6. The van der Waals surface area contributed by atoms with Crippen LogP contribution in [-0.4, -0.2) is 46.3 Å². The summed E-state index contributed by atoms with van der Waals surface area (Å²) in [5, 5.41) is 15.0. The SMILES string of the molecule is CCCCOc1noc2c1C(=O)[C@@]1(O)C(=O)C=C[C@H](OC(=O)OCc3ccccc3)[C@H]1[C@@H]2N. The second-order valence-corrected chi connectivity index (χ2v) is 7.91. The number of nitrogens with two attached hydrogens (primary N) is 1. The summed E-state index contributed by atoms with van der Waals surface area (Å²) in [6.07, 6.45) is 1.54. The van der Waals surface area contributed by atoms with Crippen molar-refractivity contribution in [3.63, 3.8) is 0 Å². The van der Waals surface area contributed by atoms with Crippen LogP contribution >= 0.6 is 0 Å². The topological polar surface area (TPSA) is 151 Å². The van der Waals surface area contributed by atoms with Crippen molar-refractivity contribution >= 4 is 17.7 Å². The summed E-state index contributed by atoms with van der Waals surface area (Å²) in [6, 6.07) is 7.77. The maximum atomic E-state index is 13.3. The second-order valence-electron chi connectivity index (χ2n) is 7.91. The van der Waals surface area contributed by atoms with Crippen LogP contribution in [0.4, 0.5) is 4.79 Å². The molecule has 0 aliphatic heterocycles. The van der Waals surface area contributed by atoms with Crippen molar-refractivity contribution in [1.29, 1.82) is 0 Å². The third kappa shape index (κ3) is 4.03. The maximum Gasteiger partial charge on any atom is 0.509 e. The Morgan fingerprint density at radius 3 is 2.76 bits per heavy atom. The van der Waals surface area contributed by atoms with Gasteiger partial charge in [0.25, 0.3) is 5.88 Å². The molecule has 1 aromatic heterocycles. The van der Waals surface area contributed by atoms with E-state index >= 15 is 0 Å². The molecule has 0 bridgehead atoms. The molecule has 0 amide bonds. The predicted molar refractivity (Wildman–Crippen MR) is 112 cm³/mol. The second kappa shape index (κ2) is 9.16. The average Bonchev–Trinajstić information content (AvgIpc) is 3.24. The van der Waals surface area contributed by atoms with Gasteiger partial charge in [-0.2, -0.15) is 0 Å². The molecule has 0 fully saturated rings. The van der Waals surface area contributed by atoms with Gasteiger partial charge < -0.3 is 29.6 Å². The molecule has 0 spiro atoms. The normalized spacial score (nSPS) is 25.8. The number of ketones is 2. The molecule has 10 heteroatoms. The Hall–Kier alpha value is -3.50. The van der Waals surface area contributed by atoms with E-state index in [1.54, 1.807) is 24.3 Å². The summed E-state index contributed by atoms with van der Waals surface area (Å²) < 4.78 is 21.2. The smallest absolute Gasteiger partial charge is 0.475 e. The molecule has 2 aliphatic rings. The van der Waals surface area contributed by atoms with Crippen LogP contribution < -0.4 is 10.5 Å². The van der Waals surface area contributed by atoms with Crippen LogP contribution in [0.2, 0.25) is 0 Å². The third-order valence-electron chi connectivity index (χ3n) is 5.77. The fourth-order valence-corrected chi connectivity index (χ4v) is 4.02. The van der Waals surface area contributed by atoms with Crippen LogP contribution in [-0.2, 0) is 20.9 Å². The molecule has 4 rings (SSSR count). The molecular weight excluding hydrogens is 432 g/mol. The van der Waals surface area contributed by atoms with Crippen molar-refractivity contribution in [2.45, 2.75) is 44.1 Å². The zero-order chi connectivity index (χ0) is 23.6. The Kier molecular flexibility index (Phi) is 6.30. The van der Waals surface area contributed by atoms with Crippen LogP contribution in [0.15, 0.2) is 47.0 Å². The van der Waals surface area contributed by atoms with Gasteiger partial charge in [0, 0.05) is 0 Å². The number of benzene rings is 1. The van der Waals surface area contributed by atoms with Crippen molar-refractivity contribution in [2.24, 2.45) is 11.7 Å². The monoisotopic (exact) mass is 456 g/mol. The highest BCUT2D eigenvalue weighted by atomic mass is 16.7. The number of unbranched alkanes of at least 4 members (excludes halogenated alkanes) is 1. The summed E-state index contributed by atoms with van der Waals surface area (Å²) in [5.41, 5.74) is 4.29. The fourth-order valence-electron chi connectivity index (χ4n) is 4.02. The van der Waals surface area contributed by atoms with Gasteiger partial charge in [-0.3, -0.25) is 9.59 Å². The fraction of sp³-hybridized carbons (Fsp3) is 0.391. The predicted octanol–water partition coefficient (Wildman–Crippen LogP) is 2.26. The van der Waals surface area contributed by atoms with E-state index in [1.165, 1.54) is 6.08 Å². The number of fused-ring (bicyclic) bond motifs is 2. The van der Waals surface area contributed by atoms with Gasteiger partial charge in [0.2, 0.25) is 5.78 Å². The number of hydrogen-bond donors (Lipinski definition) is 2. The Morgan fingerprint density at radius 2 is 2.03 bits per heavy atom. The largest absolute Gasteiger partial charge is 0.509 e. The highest BCUT2D eigenvalue weighted by molar-refractivity contribution is 6.23. The van der Waals surface area contributed by atoms with E-state index in [0.29, 0.717) is 6.42 Å². The van der Waals surface area contributed by atoms with Crippen LogP contribution in [0.1, 0.15) is 47.5 Å². The lowest BCUT2D eigenvalue weighted by Gasteiger charge is -2.43. The molecular formula is C23H24N2O8. The Balaban J connectivity index is 1.57. The standard InChI is InChI=1S/C23H24N2O8/c1-2-3-11-30-21-16-19(33-25-21)18(24)17-14(9-10-15(26)23(17,29)20(16)27)32-22(28)31-12-13-7-5-4-6-8-13/h4-10,14,17-18,29H,2-3,11-12,24H2,1H3/t14-,17-,18-,23+/m0/s1. The lowest BCUT2D eigenvalue weighted by atomic mass is 9.64. The third-order valence-corrected chi connectivity index (χ3v) is 5.77. The molecule has 0 radical (unpaired) electrons. The molecule has 2 aliphatic carbocycles. The van der Waals surface area contributed by atoms with Gasteiger partial charge in [0.05, 0.1) is 18.6 Å². The number of carbonyl (C=O) groups is 3. The molecule has 10 nitrogen and oxygen atoms in total. The van der Waals surface area contributed by atoms with E-state index in [2.05, 4.69) is 5.16 Å². The first kappa shape index (κ1) is 22.7. The van der Waals surface area contributed by atoms with Crippen molar-refractivity contribution in [3.05, 3.63) is 59.4 Å². The summed E-state index contributed by atoms with van der Waals surface area (Å²) >= 11 is 0. The minimum atomic E-state index is -2.57. The van der Waals surface area contributed by atoms with Crippen LogP contribution in [0.3, 0.4) is 0 Å². The molecule has 0 saturated carbocycles. The van der Waals surface area contributed by atoms with E-state index in [1.807, 2.05) is 13.0 Å². The van der Waals surface area contributed by atoms with Crippen molar-refractivity contribution in [3.8, 4) is 5.88 Å². The molecule has 1 heterocycles. The van der Waals surface area contributed by atoms with Gasteiger partial charge >= 0.3 is 6.16 Å². The summed E-state index contributed by atoms with van der Waals surface area (Å²) in [4.78, 5) is 38.3. The molecule has 3 N–H and O–H groups in total. The van der Waals surface area contributed by atoms with Crippen molar-refractivity contribution < 1.29 is 38.2 Å². The summed E-state index contributed by atoms with van der Waals surface area (Å²) in [7, 11) is 0. The summed E-state index contributed by atoms with van der Waals surface area (Å²) in [5.74, 6) is -3.35. The number of hydrogen-bond acceptors (Lipinski definition) is 10. The lowest BCUT2D eigenvalue weighted by Crippen LogP contribution is -2.63. The van der Waals surface area contributed by atoms with Crippen LogP contribution in [0.5, 0.6) is 5.88 Å². The van der Waals surface area contributed by atoms with Crippen molar-refractivity contribution in [1.82, 2.24) is 5.16 Å². The highest BCUT2D eigenvalue weighted by Crippen LogP contribution is 2.47. The maximum absolute atomic E-state index is 13.3. The number of nitrogens with zero attached hydrogens (tertiary/aromatic N) is 1. The quantitative estimate of drug-likeness (QED) is 0.360. The van der Waals surface area contributed by atoms with Crippen LogP contribution in [0.25, 0.3) is 0 Å². The van der Waals surface area contributed by atoms with E-state index < -0.39 is 41.4 Å². The molecule has 1 aromatic carbocycles. The molecule has 174 valence electrons. The van der Waals surface area contributed by atoms with Gasteiger partial charge in [-0.15, -0.1) is 0 Å². The molecule has 2 aromatic rings. The molecule has 0 saturated heterocycles. The van der Waals surface area contributed by atoms with E-state index in [4.69, 9.17) is 24.5 Å². The lowest BCUT2D eigenvalue weighted by molar-refractivity contribution is -0.141. The number of ether oxygens (including phenoxy) is 3. The number of carbonyl (C=O) groups excluding carboxylic acids is 3. The van der Waals surface area contributed by atoms with Gasteiger partial charge in [-0.1, -0.05) is 43.7 Å².